The average Bonchev–Trinajstić information content (AvgIpc) is 2.59. The highest BCUT2D eigenvalue weighted by Gasteiger charge is 2.16. The van der Waals surface area contributed by atoms with Crippen LogP contribution in [0.1, 0.15) is 55.2 Å². The first-order valence-corrected chi connectivity index (χ1v) is 10.7. The van der Waals surface area contributed by atoms with Crippen LogP contribution in [0.4, 0.5) is 5.69 Å². The van der Waals surface area contributed by atoms with E-state index in [0.717, 1.165) is 11.8 Å². The fourth-order valence-electron chi connectivity index (χ4n) is 2.65. The van der Waals surface area contributed by atoms with Crippen LogP contribution < -0.4 is 9.62 Å². The van der Waals surface area contributed by atoms with Gasteiger partial charge in [-0.15, -0.1) is 0 Å². The van der Waals surface area contributed by atoms with Gasteiger partial charge >= 0.3 is 0 Å². The van der Waals surface area contributed by atoms with Crippen molar-refractivity contribution >= 4 is 21.6 Å². The summed E-state index contributed by atoms with van der Waals surface area (Å²) in [7, 11) is -1.85. The topological polar surface area (TPSA) is 66.5 Å². The molecular formula is C21H28N2O3S. The van der Waals surface area contributed by atoms with Crippen molar-refractivity contribution in [3.8, 4) is 0 Å². The Hall–Kier alpha value is -2.34. The third-order valence-electron chi connectivity index (χ3n) is 4.61. The maximum Gasteiger partial charge on any atom is 0.251 e. The Morgan fingerprint density at radius 3 is 1.96 bits per heavy atom. The number of carbonyl (C=O) groups excluding carboxylic acids is 1. The lowest BCUT2D eigenvalue weighted by Crippen LogP contribution is -2.27. The first kappa shape index (κ1) is 21.0. The van der Waals surface area contributed by atoms with Gasteiger partial charge in [-0.3, -0.25) is 9.10 Å². The van der Waals surface area contributed by atoms with Gasteiger partial charge in [0.15, 0.2) is 0 Å². The highest BCUT2D eigenvalue weighted by molar-refractivity contribution is 7.92. The Bertz CT molecular complexity index is 896. The van der Waals surface area contributed by atoms with Crippen LogP contribution in [-0.2, 0) is 15.4 Å². The number of sulfonamides is 1. The molecule has 2 aromatic carbocycles. The van der Waals surface area contributed by atoms with Gasteiger partial charge in [0.05, 0.1) is 18.0 Å². The molecule has 0 radical (unpaired) electrons. The maximum absolute atomic E-state index is 12.5. The molecule has 0 fully saturated rings. The van der Waals surface area contributed by atoms with Crippen molar-refractivity contribution in [1.82, 2.24) is 5.32 Å². The van der Waals surface area contributed by atoms with Gasteiger partial charge in [-0.1, -0.05) is 45.0 Å². The normalized spacial score (nSPS) is 13.1. The van der Waals surface area contributed by atoms with Crippen molar-refractivity contribution in [3.05, 3.63) is 65.2 Å². The SMILES string of the molecule is CC(NC(=O)c1ccc(N(C)S(C)(=O)=O)cc1)c1ccc(C(C)(C)C)cc1. The summed E-state index contributed by atoms with van der Waals surface area (Å²) in [6, 6.07) is 14.6. The van der Waals surface area contributed by atoms with E-state index in [4.69, 9.17) is 0 Å². The van der Waals surface area contributed by atoms with Crippen molar-refractivity contribution in [3.63, 3.8) is 0 Å². The molecule has 1 atom stereocenters. The molecule has 6 heteroatoms. The Morgan fingerprint density at radius 2 is 1.52 bits per heavy atom. The van der Waals surface area contributed by atoms with Gasteiger partial charge in [-0.05, 0) is 47.7 Å². The molecule has 0 aliphatic carbocycles. The molecule has 2 aromatic rings. The van der Waals surface area contributed by atoms with Crippen molar-refractivity contribution in [2.24, 2.45) is 0 Å². The molecule has 146 valence electrons. The van der Waals surface area contributed by atoms with Crippen molar-refractivity contribution < 1.29 is 13.2 Å². The van der Waals surface area contributed by atoms with Gasteiger partial charge in [-0.25, -0.2) is 8.42 Å². The van der Waals surface area contributed by atoms with E-state index in [2.05, 4.69) is 38.2 Å². The summed E-state index contributed by atoms with van der Waals surface area (Å²) in [6.45, 7) is 8.43. The number of hydrogen-bond donors (Lipinski definition) is 1. The van der Waals surface area contributed by atoms with Gasteiger partial charge in [0, 0.05) is 12.6 Å². The number of amides is 1. The molecule has 27 heavy (non-hydrogen) atoms. The molecule has 0 spiro atoms. The molecule has 0 saturated heterocycles. The predicted molar refractivity (Wildman–Crippen MR) is 111 cm³/mol. The van der Waals surface area contributed by atoms with Crippen LogP contribution in [0.15, 0.2) is 48.5 Å². The number of rotatable bonds is 5. The minimum absolute atomic E-state index is 0.0892. The Morgan fingerprint density at radius 1 is 1.00 bits per heavy atom. The first-order valence-electron chi connectivity index (χ1n) is 8.85. The zero-order chi connectivity index (χ0) is 20.4. The monoisotopic (exact) mass is 388 g/mol. The molecule has 0 aliphatic rings. The molecular weight excluding hydrogens is 360 g/mol. The molecule has 0 saturated carbocycles. The third-order valence-corrected chi connectivity index (χ3v) is 5.82. The summed E-state index contributed by atoms with van der Waals surface area (Å²) in [5, 5.41) is 2.98. The van der Waals surface area contributed by atoms with E-state index < -0.39 is 10.0 Å². The second-order valence-corrected chi connectivity index (χ2v) is 9.86. The molecule has 1 N–H and O–H groups in total. The summed E-state index contributed by atoms with van der Waals surface area (Å²) < 4.78 is 24.3. The lowest BCUT2D eigenvalue weighted by atomic mass is 9.86. The molecule has 1 amide bonds. The Balaban J connectivity index is 2.08. The van der Waals surface area contributed by atoms with E-state index >= 15 is 0 Å². The van der Waals surface area contributed by atoms with Gasteiger partial charge in [0.1, 0.15) is 0 Å². The van der Waals surface area contributed by atoms with E-state index in [1.54, 1.807) is 24.3 Å². The minimum atomic E-state index is -3.33. The number of benzene rings is 2. The molecule has 0 aliphatic heterocycles. The number of nitrogens with one attached hydrogen (secondary N) is 1. The van der Waals surface area contributed by atoms with Crippen molar-refractivity contribution in [2.75, 3.05) is 17.6 Å². The number of nitrogens with zero attached hydrogens (tertiary/aromatic N) is 1. The Labute approximate surface area is 162 Å². The highest BCUT2D eigenvalue weighted by Crippen LogP contribution is 2.24. The van der Waals surface area contributed by atoms with Gasteiger partial charge < -0.3 is 5.32 Å². The first-order chi connectivity index (χ1) is 12.4. The van der Waals surface area contributed by atoms with Crippen LogP contribution in [0.5, 0.6) is 0 Å². The third kappa shape index (κ3) is 5.32. The second kappa shape index (κ2) is 7.72. The lowest BCUT2D eigenvalue weighted by Gasteiger charge is -2.21. The predicted octanol–water partition coefficient (Wildman–Crippen LogP) is 3.87. The Kier molecular flexibility index (Phi) is 6.00. The number of anilines is 1. The number of hydrogen-bond acceptors (Lipinski definition) is 3. The molecule has 0 heterocycles. The molecule has 5 nitrogen and oxygen atoms in total. The van der Waals surface area contributed by atoms with Crippen molar-refractivity contribution in [2.45, 2.75) is 39.2 Å². The summed E-state index contributed by atoms with van der Waals surface area (Å²) in [4.78, 5) is 12.5. The van der Waals surface area contributed by atoms with Crippen LogP contribution in [-0.4, -0.2) is 27.6 Å². The standard InChI is InChI=1S/C21H28N2O3S/c1-15(16-7-11-18(12-8-16)21(2,3)4)22-20(24)17-9-13-19(14-10-17)23(5)27(6,25)26/h7-15H,1-6H3,(H,22,24). The van der Waals surface area contributed by atoms with Crippen LogP contribution in [0.25, 0.3) is 0 Å². The average molecular weight is 389 g/mol. The van der Waals surface area contributed by atoms with E-state index in [9.17, 15) is 13.2 Å². The van der Waals surface area contributed by atoms with Crippen LogP contribution in [0.2, 0.25) is 0 Å². The summed E-state index contributed by atoms with van der Waals surface area (Å²) in [5.41, 5.74) is 3.37. The zero-order valence-electron chi connectivity index (χ0n) is 16.8. The van der Waals surface area contributed by atoms with Crippen molar-refractivity contribution in [1.29, 1.82) is 0 Å². The fraction of sp³-hybridized carbons (Fsp3) is 0.381. The van der Waals surface area contributed by atoms with E-state index in [1.165, 1.54) is 16.9 Å². The maximum atomic E-state index is 12.5. The van der Waals surface area contributed by atoms with Crippen LogP contribution >= 0.6 is 0 Å². The van der Waals surface area contributed by atoms with Gasteiger partial charge in [0.2, 0.25) is 10.0 Å². The zero-order valence-corrected chi connectivity index (χ0v) is 17.6. The summed E-state index contributed by atoms with van der Waals surface area (Å²) in [6.07, 6.45) is 1.14. The highest BCUT2D eigenvalue weighted by atomic mass is 32.2. The van der Waals surface area contributed by atoms with Gasteiger partial charge in [0.25, 0.3) is 5.91 Å². The fourth-order valence-corrected chi connectivity index (χ4v) is 3.15. The lowest BCUT2D eigenvalue weighted by molar-refractivity contribution is 0.0940. The van der Waals surface area contributed by atoms with Crippen LogP contribution in [0.3, 0.4) is 0 Å². The van der Waals surface area contributed by atoms with Gasteiger partial charge in [-0.2, -0.15) is 0 Å². The summed E-state index contributed by atoms with van der Waals surface area (Å²) >= 11 is 0. The molecule has 0 bridgehead atoms. The molecule has 1 unspecified atom stereocenters. The molecule has 0 aromatic heterocycles. The largest absolute Gasteiger partial charge is 0.346 e. The summed E-state index contributed by atoms with van der Waals surface area (Å²) in [5.74, 6) is -0.198. The minimum Gasteiger partial charge on any atom is -0.346 e. The second-order valence-electron chi connectivity index (χ2n) is 7.84. The van der Waals surface area contributed by atoms with E-state index in [0.29, 0.717) is 11.3 Å². The number of carbonyl (C=O) groups is 1. The van der Waals surface area contributed by atoms with Crippen LogP contribution in [0, 0.1) is 0 Å². The quantitative estimate of drug-likeness (QED) is 0.845. The molecule has 2 rings (SSSR count). The smallest absolute Gasteiger partial charge is 0.251 e. The van der Waals surface area contributed by atoms with E-state index in [1.807, 2.05) is 19.1 Å². The van der Waals surface area contributed by atoms with E-state index in [-0.39, 0.29) is 17.4 Å².